The number of hydrogen-bond donors (Lipinski definition) is 2. The maximum absolute atomic E-state index is 13.6. The number of aliphatic hydroxyl groups is 1. The molecule has 0 spiro atoms. The summed E-state index contributed by atoms with van der Waals surface area (Å²) in [6.45, 7) is -0.200. The van der Waals surface area contributed by atoms with Crippen LogP contribution in [0.2, 0.25) is 5.02 Å². The van der Waals surface area contributed by atoms with Crippen LogP contribution >= 0.6 is 11.6 Å². The van der Waals surface area contributed by atoms with E-state index in [-0.39, 0.29) is 12.2 Å². The maximum atomic E-state index is 13.6. The van der Waals surface area contributed by atoms with E-state index in [9.17, 15) is 9.18 Å². The lowest BCUT2D eigenvalue weighted by Gasteiger charge is -2.08. The molecule has 0 aliphatic rings. The van der Waals surface area contributed by atoms with Crippen LogP contribution in [0.5, 0.6) is 0 Å². The number of aliphatic hydroxyl groups excluding tert-OH is 1. The molecule has 0 bridgehead atoms. The summed E-state index contributed by atoms with van der Waals surface area (Å²) in [6, 6.07) is 14.0. The van der Waals surface area contributed by atoms with Crippen LogP contribution in [0.1, 0.15) is 16.1 Å². The van der Waals surface area contributed by atoms with E-state index < -0.39 is 11.7 Å². The van der Waals surface area contributed by atoms with Crippen LogP contribution in [0.25, 0.3) is 11.3 Å². The van der Waals surface area contributed by atoms with Crippen molar-refractivity contribution < 1.29 is 18.7 Å². The lowest BCUT2D eigenvalue weighted by Crippen LogP contribution is -2.13. The van der Waals surface area contributed by atoms with Crippen molar-refractivity contribution in [3.05, 3.63) is 76.8 Å². The molecule has 0 aliphatic heterocycles. The van der Waals surface area contributed by atoms with Crippen LogP contribution in [0, 0.1) is 5.82 Å². The minimum Gasteiger partial charge on any atom is -0.459 e. The van der Waals surface area contributed by atoms with Gasteiger partial charge in [0.1, 0.15) is 23.9 Å². The van der Waals surface area contributed by atoms with E-state index >= 15 is 0 Å². The quantitative estimate of drug-likeness (QED) is 0.732. The molecule has 122 valence electrons. The van der Waals surface area contributed by atoms with Gasteiger partial charge in [-0.25, -0.2) is 4.39 Å². The molecule has 0 saturated carbocycles. The summed E-state index contributed by atoms with van der Waals surface area (Å²) in [4.78, 5) is 12.1. The van der Waals surface area contributed by atoms with Gasteiger partial charge in [0.05, 0.1) is 10.6 Å². The fraction of sp³-hybridized carbons (Fsp3) is 0.0556. The van der Waals surface area contributed by atoms with E-state index in [1.54, 1.807) is 36.4 Å². The molecule has 0 radical (unpaired) electrons. The Hall–Kier alpha value is -2.63. The molecular formula is C18H13ClFNO3. The zero-order chi connectivity index (χ0) is 17.1. The van der Waals surface area contributed by atoms with Crippen molar-refractivity contribution >= 4 is 23.2 Å². The second-order valence-electron chi connectivity index (χ2n) is 5.05. The zero-order valence-electron chi connectivity index (χ0n) is 12.4. The number of benzene rings is 2. The van der Waals surface area contributed by atoms with Crippen molar-refractivity contribution in [2.24, 2.45) is 0 Å². The SMILES string of the molecule is O=C(Nc1ccc(-c2ccc(CO)o2)c(Cl)c1)c1ccccc1F. The second kappa shape index (κ2) is 6.86. The van der Waals surface area contributed by atoms with Crippen molar-refractivity contribution in [2.75, 3.05) is 5.32 Å². The largest absolute Gasteiger partial charge is 0.459 e. The Morgan fingerprint density at radius 2 is 1.96 bits per heavy atom. The molecular weight excluding hydrogens is 333 g/mol. The smallest absolute Gasteiger partial charge is 0.258 e. The first kappa shape index (κ1) is 16.2. The Bertz CT molecular complexity index is 891. The van der Waals surface area contributed by atoms with Crippen LogP contribution in [0.15, 0.2) is 59.0 Å². The molecule has 24 heavy (non-hydrogen) atoms. The molecule has 3 rings (SSSR count). The number of amides is 1. The lowest BCUT2D eigenvalue weighted by molar-refractivity contribution is 0.102. The molecule has 2 aromatic carbocycles. The van der Waals surface area contributed by atoms with Gasteiger partial charge in [0.25, 0.3) is 5.91 Å². The molecule has 0 saturated heterocycles. The van der Waals surface area contributed by atoms with Gasteiger partial charge < -0.3 is 14.8 Å². The summed E-state index contributed by atoms with van der Waals surface area (Å²) in [6.07, 6.45) is 0. The Morgan fingerprint density at radius 1 is 1.17 bits per heavy atom. The number of anilines is 1. The van der Waals surface area contributed by atoms with Gasteiger partial charge in [0, 0.05) is 11.3 Å². The highest BCUT2D eigenvalue weighted by Gasteiger charge is 2.13. The van der Waals surface area contributed by atoms with E-state index in [4.69, 9.17) is 21.1 Å². The van der Waals surface area contributed by atoms with Gasteiger partial charge >= 0.3 is 0 Å². The fourth-order valence-electron chi connectivity index (χ4n) is 2.24. The normalized spacial score (nSPS) is 10.6. The van der Waals surface area contributed by atoms with E-state index in [0.29, 0.717) is 27.8 Å². The minimum atomic E-state index is -0.593. The molecule has 6 heteroatoms. The standard InChI is InChI=1S/C18H13ClFNO3/c19-15-9-11(21-18(23)14-3-1-2-4-16(14)20)5-7-13(15)17-8-6-12(10-22)24-17/h1-9,22H,10H2,(H,21,23). The molecule has 1 amide bonds. The van der Waals surface area contributed by atoms with Gasteiger partial charge in [-0.05, 0) is 42.5 Å². The van der Waals surface area contributed by atoms with Crippen molar-refractivity contribution in [3.8, 4) is 11.3 Å². The van der Waals surface area contributed by atoms with Gasteiger partial charge in [-0.1, -0.05) is 23.7 Å². The summed E-state index contributed by atoms with van der Waals surface area (Å²) >= 11 is 6.23. The third-order valence-electron chi connectivity index (χ3n) is 3.43. The first-order valence-corrected chi connectivity index (χ1v) is 7.51. The average Bonchev–Trinajstić information content (AvgIpc) is 3.04. The van der Waals surface area contributed by atoms with Crippen LogP contribution in [0.4, 0.5) is 10.1 Å². The number of furan rings is 1. The Labute approximate surface area is 142 Å². The molecule has 3 aromatic rings. The summed E-state index contributed by atoms with van der Waals surface area (Å²) in [5.74, 6) is -0.212. The maximum Gasteiger partial charge on any atom is 0.258 e. The number of nitrogens with one attached hydrogen (secondary N) is 1. The number of carbonyl (C=O) groups is 1. The van der Waals surface area contributed by atoms with Crippen molar-refractivity contribution in [3.63, 3.8) is 0 Å². The van der Waals surface area contributed by atoms with Crippen molar-refractivity contribution in [1.82, 2.24) is 0 Å². The number of rotatable bonds is 4. The Kier molecular flexibility index (Phi) is 4.64. The van der Waals surface area contributed by atoms with Crippen LogP contribution in [-0.2, 0) is 6.61 Å². The molecule has 1 aromatic heterocycles. The molecule has 0 atom stereocenters. The minimum absolute atomic E-state index is 0.0451. The second-order valence-corrected chi connectivity index (χ2v) is 5.46. The fourth-order valence-corrected chi connectivity index (χ4v) is 2.52. The molecule has 4 nitrogen and oxygen atoms in total. The topological polar surface area (TPSA) is 62.5 Å². The number of halogens is 2. The third-order valence-corrected chi connectivity index (χ3v) is 3.74. The molecule has 0 aliphatic carbocycles. The van der Waals surface area contributed by atoms with Gasteiger partial charge in [0.15, 0.2) is 0 Å². The molecule has 2 N–H and O–H groups in total. The van der Waals surface area contributed by atoms with Crippen LogP contribution in [0.3, 0.4) is 0 Å². The van der Waals surface area contributed by atoms with Crippen molar-refractivity contribution in [1.29, 1.82) is 0 Å². The van der Waals surface area contributed by atoms with E-state index in [2.05, 4.69) is 5.32 Å². The summed E-state index contributed by atoms with van der Waals surface area (Å²) in [7, 11) is 0. The van der Waals surface area contributed by atoms with E-state index in [1.807, 2.05) is 0 Å². The van der Waals surface area contributed by atoms with Crippen molar-refractivity contribution in [2.45, 2.75) is 6.61 Å². The predicted octanol–water partition coefficient (Wildman–Crippen LogP) is 4.48. The van der Waals surface area contributed by atoms with E-state index in [0.717, 1.165) is 0 Å². The Balaban J connectivity index is 1.82. The third kappa shape index (κ3) is 3.32. The van der Waals surface area contributed by atoms with Gasteiger partial charge in [-0.3, -0.25) is 4.79 Å². The predicted molar refractivity (Wildman–Crippen MR) is 89.4 cm³/mol. The molecule has 0 unspecified atom stereocenters. The first-order chi connectivity index (χ1) is 11.6. The highest BCUT2D eigenvalue weighted by atomic mass is 35.5. The van der Waals surface area contributed by atoms with Gasteiger partial charge in [0.2, 0.25) is 0 Å². The highest BCUT2D eigenvalue weighted by molar-refractivity contribution is 6.33. The van der Waals surface area contributed by atoms with Crippen LogP contribution < -0.4 is 5.32 Å². The van der Waals surface area contributed by atoms with Gasteiger partial charge in [-0.15, -0.1) is 0 Å². The molecule has 0 fully saturated rings. The van der Waals surface area contributed by atoms with Gasteiger partial charge in [-0.2, -0.15) is 0 Å². The monoisotopic (exact) mass is 345 g/mol. The number of hydrogen-bond acceptors (Lipinski definition) is 3. The van der Waals surface area contributed by atoms with E-state index in [1.165, 1.54) is 18.2 Å². The zero-order valence-corrected chi connectivity index (χ0v) is 13.2. The summed E-state index contributed by atoms with van der Waals surface area (Å²) in [5.41, 5.74) is 1.02. The lowest BCUT2D eigenvalue weighted by atomic mass is 10.1. The number of carbonyl (C=O) groups excluding carboxylic acids is 1. The first-order valence-electron chi connectivity index (χ1n) is 7.14. The Morgan fingerprint density at radius 3 is 2.62 bits per heavy atom. The summed E-state index contributed by atoms with van der Waals surface area (Å²) < 4.78 is 19.1. The highest BCUT2D eigenvalue weighted by Crippen LogP contribution is 2.31. The van der Waals surface area contributed by atoms with Crippen LogP contribution in [-0.4, -0.2) is 11.0 Å². The molecule has 1 heterocycles. The summed E-state index contributed by atoms with van der Waals surface area (Å²) in [5, 5.41) is 12.0. The average molecular weight is 346 g/mol.